The van der Waals surface area contributed by atoms with E-state index in [1.165, 1.54) is 12.1 Å². The van der Waals surface area contributed by atoms with Crippen LogP contribution in [0.1, 0.15) is 5.69 Å². The summed E-state index contributed by atoms with van der Waals surface area (Å²) in [5.41, 5.74) is 1.53. The zero-order chi connectivity index (χ0) is 12.3. The third-order valence-corrected chi connectivity index (χ3v) is 3.07. The van der Waals surface area contributed by atoms with Gasteiger partial charge in [-0.05, 0) is 36.4 Å². The Morgan fingerprint density at radius 1 is 1.18 bits per heavy atom. The van der Waals surface area contributed by atoms with E-state index in [0.29, 0.717) is 5.69 Å². The summed E-state index contributed by atoms with van der Waals surface area (Å²) in [5, 5.41) is 4.99. The lowest BCUT2D eigenvalue weighted by molar-refractivity contribution is 0.598. The number of aromatic amines is 1. The summed E-state index contributed by atoms with van der Waals surface area (Å²) >= 11 is 0. The Kier molecular flexibility index (Phi) is 3.08. The first-order chi connectivity index (χ1) is 8.05. The molecule has 0 aliphatic rings. The van der Waals surface area contributed by atoms with Crippen LogP contribution < -0.4 is 5.14 Å². The fourth-order valence-corrected chi connectivity index (χ4v) is 1.81. The van der Waals surface area contributed by atoms with E-state index < -0.39 is 10.0 Å². The SMILES string of the molecule is NS(=O)(=O)c1ccc(N=Cc2ccc[nH]2)cc1. The van der Waals surface area contributed by atoms with Crippen molar-refractivity contribution in [1.29, 1.82) is 0 Å². The summed E-state index contributed by atoms with van der Waals surface area (Å²) in [4.78, 5) is 7.24. The molecule has 0 fully saturated rings. The molecule has 2 aromatic rings. The van der Waals surface area contributed by atoms with Gasteiger partial charge in [0, 0.05) is 6.20 Å². The van der Waals surface area contributed by atoms with Gasteiger partial charge in [-0.3, -0.25) is 4.99 Å². The summed E-state index contributed by atoms with van der Waals surface area (Å²) in [7, 11) is -3.64. The first kappa shape index (κ1) is 11.6. The number of benzene rings is 1. The van der Waals surface area contributed by atoms with E-state index in [9.17, 15) is 8.42 Å². The molecule has 0 atom stereocenters. The zero-order valence-corrected chi connectivity index (χ0v) is 9.68. The topological polar surface area (TPSA) is 88.3 Å². The number of nitrogens with zero attached hydrogens (tertiary/aromatic N) is 1. The number of aromatic nitrogens is 1. The highest BCUT2D eigenvalue weighted by Gasteiger charge is 2.05. The van der Waals surface area contributed by atoms with E-state index in [-0.39, 0.29) is 4.90 Å². The van der Waals surface area contributed by atoms with Crippen LogP contribution in [0.15, 0.2) is 52.5 Å². The van der Waals surface area contributed by atoms with E-state index in [1.54, 1.807) is 24.5 Å². The molecule has 5 nitrogen and oxygen atoms in total. The Morgan fingerprint density at radius 2 is 1.88 bits per heavy atom. The van der Waals surface area contributed by atoms with E-state index in [1.807, 2.05) is 12.1 Å². The number of nitrogens with one attached hydrogen (secondary N) is 1. The van der Waals surface area contributed by atoms with Crippen LogP contribution in [0.4, 0.5) is 5.69 Å². The molecule has 0 bridgehead atoms. The Hall–Kier alpha value is -1.92. The molecular formula is C11H11N3O2S. The zero-order valence-electron chi connectivity index (χ0n) is 8.87. The predicted octanol–water partition coefficient (Wildman–Crippen LogP) is 1.41. The first-order valence-electron chi connectivity index (χ1n) is 4.86. The summed E-state index contributed by atoms with van der Waals surface area (Å²) in [6.07, 6.45) is 3.46. The summed E-state index contributed by atoms with van der Waals surface area (Å²) in [6.45, 7) is 0. The molecule has 0 unspecified atom stereocenters. The molecule has 1 aromatic heterocycles. The fourth-order valence-electron chi connectivity index (χ4n) is 1.29. The van der Waals surface area contributed by atoms with Crippen molar-refractivity contribution in [2.45, 2.75) is 4.90 Å². The second kappa shape index (κ2) is 4.52. The van der Waals surface area contributed by atoms with E-state index in [4.69, 9.17) is 5.14 Å². The smallest absolute Gasteiger partial charge is 0.238 e. The molecule has 0 amide bonds. The molecule has 17 heavy (non-hydrogen) atoms. The lowest BCUT2D eigenvalue weighted by Gasteiger charge is -1.97. The molecule has 1 aromatic carbocycles. The number of hydrogen-bond donors (Lipinski definition) is 2. The normalized spacial score (nSPS) is 12.1. The van der Waals surface area contributed by atoms with Crippen molar-refractivity contribution in [3.05, 3.63) is 48.3 Å². The third-order valence-electron chi connectivity index (χ3n) is 2.14. The van der Waals surface area contributed by atoms with Crippen LogP contribution in [0.25, 0.3) is 0 Å². The minimum absolute atomic E-state index is 0.0799. The van der Waals surface area contributed by atoms with Gasteiger partial charge in [-0.15, -0.1) is 0 Å². The van der Waals surface area contributed by atoms with Crippen molar-refractivity contribution in [3.63, 3.8) is 0 Å². The van der Waals surface area contributed by atoms with Gasteiger partial charge >= 0.3 is 0 Å². The molecule has 0 aliphatic heterocycles. The minimum atomic E-state index is -3.64. The van der Waals surface area contributed by atoms with Crippen molar-refractivity contribution in [3.8, 4) is 0 Å². The minimum Gasteiger partial charge on any atom is -0.360 e. The van der Waals surface area contributed by atoms with Crippen molar-refractivity contribution in [2.75, 3.05) is 0 Å². The van der Waals surface area contributed by atoms with Gasteiger partial charge in [-0.2, -0.15) is 0 Å². The van der Waals surface area contributed by atoms with Crippen molar-refractivity contribution < 1.29 is 8.42 Å². The lowest BCUT2D eigenvalue weighted by Crippen LogP contribution is -2.11. The molecule has 1 heterocycles. The predicted molar refractivity (Wildman–Crippen MR) is 65.9 cm³/mol. The Labute approximate surface area is 99.1 Å². The number of rotatable bonds is 3. The summed E-state index contributed by atoms with van der Waals surface area (Å²) < 4.78 is 22.0. The molecule has 2 rings (SSSR count). The second-order valence-corrected chi connectivity index (χ2v) is 4.98. The molecule has 0 radical (unpaired) electrons. The van der Waals surface area contributed by atoms with Gasteiger partial charge < -0.3 is 4.98 Å². The molecule has 3 N–H and O–H groups in total. The number of aliphatic imine (C=N–C) groups is 1. The number of sulfonamides is 1. The van der Waals surface area contributed by atoms with Gasteiger partial charge in [-0.1, -0.05) is 0 Å². The van der Waals surface area contributed by atoms with Gasteiger partial charge in [-0.25, -0.2) is 13.6 Å². The number of H-pyrrole nitrogens is 1. The van der Waals surface area contributed by atoms with Crippen LogP contribution in [0, 0.1) is 0 Å². The maximum absolute atomic E-state index is 11.0. The van der Waals surface area contributed by atoms with Crippen molar-refractivity contribution in [1.82, 2.24) is 4.98 Å². The van der Waals surface area contributed by atoms with Crippen LogP contribution in [0.5, 0.6) is 0 Å². The number of nitrogens with two attached hydrogens (primary N) is 1. The Morgan fingerprint density at radius 3 is 2.41 bits per heavy atom. The van der Waals surface area contributed by atoms with Gasteiger partial charge in [0.1, 0.15) is 0 Å². The molecule has 6 heteroatoms. The quantitative estimate of drug-likeness (QED) is 0.805. The standard InChI is InChI=1S/C11H11N3O2S/c12-17(15,16)11-5-3-9(4-6-11)14-8-10-2-1-7-13-10/h1-8,13H,(H2,12,15,16). The van der Waals surface area contributed by atoms with E-state index in [2.05, 4.69) is 9.98 Å². The molecular weight excluding hydrogens is 238 g/mol. The molecule has 0 aliphatic carbocycles. The van der Waals surface area contributed by atoms with Gasteiger partial charge in [0.05, 0.1) is 22.5 Å². The first-order valence-corrected chi connectivity index (χ1v) is 6.41. The molecule has 0 saturated carbocycles. The van der Waals surface area contributed by atoms with Crippen LogP contribution in [0.3, 0.4) is 0 Å². The van der Waals surface area contributed by atoms with Crippen LogP contribution in [0.2, 0.25) is 0 Å². The fraction of sp³-hybridized carbons (Fsp3) is 0. The lowest BCUT2D eigenvalue weighted by atomic mass is 10.3. The average molecular weight is 249 g/mol. The molecule has 0 spiro atoms. The summed E-state index contributed by atoms with van der Waals surface area (Å²) in [5.74, 6) is 0. The molecule has 0 saturated heterocycles. The molecule has 88 valence electrons. The van der Waals surface area contributed by atoms with Crippen molar-refractivity contribution in [2.24, 2.45) is 10.1 Å². The van der Waals surface area contributed by atoms with Gasteiger partial charge in [0.15, 0.2) is 0 Å². The van der Waals surface area contributed by atoms with Crippen LogP contribution >= 0.6 is 0 Å². The number of primary sulfonamides is 1. The number of hydrogen-bond acceptors (Lipinski definition) is 3. The summed E-state index contributed by atoms with van der Waals surface area (Å²) in [6, 6.07) is 9.79. The highest BCUT2D eigenvalue weighted by molar-refractivity contribution is 7.89. The highest BCUT2D eigenvalue weighted by atomic mass is 32.2. The Balaban J connectivity index is 2.19. The van der Waals surface area contributed by atoms with Crippen molar-refractivity contribution >= 4 is 21.9 Å². The van der Waals surface area contributed by atoms with E-state index >= 15 is 0 Å². The van der Waals surface area contributed by atoms with Crippen LogP contribution in [-0.2, 0) is 10.0 Å². The second-order valence-electron chi connectivity index (χ2n) is 3.42. The van der Waals surface area contributed by atoms with Gasteiger partial charge in [0.2, 0.25) is 10.0 Å². The third kappa shape index (κ3) is 3.02. The largest absolute Gasteiger partial charge is 0.360 e. The monoisotopic (exact) mass is 249 g/mol. The highest BCUT2D eigenvalue weighted by Crippen LogP contribution is 2.15. The average Bonchev–Trinajstić information content (AvgIpc) is 2.78. The van der Waals surface area contributed by atoms with Gasteiger partial charge in [0.25, 0.3) is 0 Å². The van der Waals surface area contributed by atoms with Crippen LogP contribution in [-0.4, -0.2) is 19.6 Å². The maximum Gasteiger partial charge on any atom is 0.238 e. The maximum atomic E-state index is 11.0. The Bertz CT molecular complexity index is 613. The van der Waals surface area contributed by atoms with E-state index in [0.717, 1.165) is 5.69 Å².